The minimum atomic E-state index is 0.257. The van der Waals surface area contributed by atoms with E-state index in [1.165, 1.54) is 0 Å². The van der Waals surface area contributed by atoms with Crippen LogP contribution in [0.15, 0.2) is 0 Å². The van der Waals surface area contributed by atoms with Crippen molar-refractivity contribution < 1.29 is 0 Å². The lowest BCUT2D eigenvalue weighted by Gasteiger charge is -2.27. The fourth-order valence-corrected chi connectivity index (χ4v) is 1.06. The second-order valence-electron chi connectivity index (χ2n) is 10.3. The molecule has 0 aliphatic heterocycles. The Hall–Kier alpha value is -0.0800. The van der Waals surface area contributed by atoms with Crippen molar-refractivity contribution in [2.45, 2.75) is 94.2 Å². The molecule has 0 saturated heterocycles. The van der Waals surface area contributed by atoms with Gasteiger partial charge in [-0.05, 0) is 52.4 Å². The summed E-state index contributed by atoms with van der Waals surface area (Å²) in [5, 5.41) is 6.92. The summed E-state index contributed by atoms with van der Waals surface area (Å²) in [6, 6.07) is 0. The number of rotatable bonds is 2. The highest BCUT2D eigenvalue weighted by molar-refractivity contribution is 4.75. The van der Waals surface area contributed by atoms with Gasteiger partial charge in [-0.15, -0.1) is 0 Å². The molecule has 0 saturated carbocycles. The molecule has 0 aromatic heterocycles. The Morgan fingerprint density at radius 1 is 0.450 bits per heavy atom. The summed E-state index contributed by atoms with van der Waals surface area (Å²) >= 11 is 0. The van der Waals surface area contributed by atoms with E-state index >= 15 is 0 Å². The van der Waals surface area contributed by atoms with Crippen LogP contribution in [0.4, 0.5) is 0 Å². The fourth-order valence-electron chi connectivity index (χ4n) is 1.06. The van der Waals surface area contributed by atoms with Gasteiger partial charge in [-0.1, -0.05) is 41.5 Å². The molecule has 0 aliphatic rings. The molecule has 0 rings (SSSR count). The first-order valence-electron chi connectivity index (χ1n) is 7.91. The van der Waals surface area contributed by atoms with Crippen molar-refractivity contribution in [3.05, 3.63) is 0 Å². The van der Waals surface area contributed by atoms with Crippen LogP contribution in [0.1, 0.15) is 83.1 Å². The highest BCUT2D eigenvalue weighted by atomic mass is 15.0. The summed E-state index contributed by atoms with van der Waals surface area (Å²) in [4.78, 5) is 0. The van der Waals surface area contributed by atoms with Crippen molar-refractivity contribution in [1.29, 1.82) is 0 Å². The molecule has 124 valence electrons. The predicted octanol–water partition coefficient (Wildman–Crippen LogP) is 4.84. The van der Waals surface area contributed by atoms with Gasteiger partial charge in [0.05, 0.1) is 0 Å². The quantitative estimate of drug-likeness (QED) is 0.759. The molecule has 0 aromatic carbocycles. The van der Waals surface area contributed by atoms with E-state index in [0.717, 1.165) is 13.1 Å². The third-order valence-corrected chi connectivity index (χ3v) is 2.30. The summed E-state index contributed by atoms with van der Waals surface area (Å²) in [7, 11) is 0. The van der Waals surface area contributed by atoms with Crippen molar-refractivity contribution in [2.75, 3.05) is 13.1 Å². The summed E-state index contributed by atoms with van der Waals surface area (Å²) in [5.74, 6) is 0. The molecule has 0 unspecified atom stereocenters. The van der Waals surface area contributed by atoms with Crippen LogP contribution >= 0.6 is 0 Å². The third-order valence-electron chi connectivity index (χ3n) is 2.30. The van der Waals surface area contributed by atoms with Gasteiger partial charge in [-0.3, -0.25) is 0 Å². The number of nitrogens with one attached hydrogen (secondary N) is 2. The number of hydrogen-bond acceptors (Lipinski definition) is 2. The maximum absolute atomic E-state index is 3.46. The van der Waals surface area contributed by atoms with Gasteiger partial charge >= 0.3 is 0 Å². The third kappa shape index (κ3) is 26.5. The zero-order chi connectivity index (χ0) is 16.8. The maximum atomic E-state index is 3.46. The predicted molar refractivity (Wildman–Crippen MR) is 94.4 cm³/mol. The Morgan fingerprint density at radius 2 is 0.650 bits per heavy atom. The van der Waals surface area contributed by atoms with Gasteiger partial charge in [0.1, 0.15) is 0 Å². The van der Waals surface area contributed by atoms with Crippen LogP contribution in [-0.2, 0) is 0 Å². The van der Waals surface area contributed by atoms with Crippen LogP contribution in [0.3, 0.4) is 0 Å². The van der Waals surface area contributed by atoms with Crippen molar-refractivity contribution >= 4 is 0 Å². The molecular formula is C18H42N2. The molecule has 0 atom stereocenters. The molecule has 2 heteroatoms. The van der Waals surface area contributed by atoms with Crippen molar-refractivity contribution in [3.63, 3.8) is 0 Å². The van der Waals surface area contributed by atoms with Crippen LogP contribution in [0.2, 0.25) is 0 Å². The van der Waals surface area contributed by atoms with Gasteiger partial charge in [-0.25, -0.2) is 0 Å². The normalized spacial score (nSPS) is 13.8. The highest BCUT2D eigenvalue weighted by Gasteiger charge is 2.15. The van der Waals surface area contributed by atoms with E-state index in [1.807, 2.05) is 0 Å². The van der Waals surface area contributed by atoms with E-state index in [4.69, 9.17) is 0 Å². The fraction of sp³-hybridized carbons (Fsp3) is 1.00. The molecule has 20 heavy (non-hydrogen) atoms. The first kappa shape index (κ1) is 22.2. The van der Waals surface area contributed by atoms with E-state index in [2.05, 4.69) is 93.7 Å². The monoisotopic (exact) mass is 286 g/mol. The zero-order valence-corrected chi connectivity index (χ0v) is 16.4. The molecule has 0 radical (unpaired) electrons. The van der Waals surface area contributed by atoms with Crippen molar-refractivity contribution in [3.8, 4) is 0 Å². The minimum absolute atomic E-state index is 0.257. The Balaban J connectivity index is 0. The van der Waals surface area contributed by atoms with Crippen molar-refractivity contribution in [1.82, 2.24) is 10.6 Å². The van der Waals surface area contributed by atoms with E-state index in [1.54, 1.807) is 0 Å². The molecule has 2 N–H and O–H groups in total. The van der Waals surface area contributed by atoms with E-state index in [9.17, 15) is 0 Å². The van der Waals surface area contributed by atoms with E-state index in [-0.39, 0.29) is 11.1 Å². The van der Waals surface area contributed by atoms with Gasteiger partial charge < -0.3 is 10.6 Å². The topological polar surface area (TPSA) is 24.1 Å². The minimum Gasteiger partial charge on any atom is -0.312 e. The molecule has 0 aromatic rings. The van der Waals surface area contributed by atoms with Gasteiger partial charge in [0.2, 0.25) is 0 Å². The Kier molecular flexibility index (Phi) is 8.65. The second kappa shape index (κ2) is 7.79. The molecule has 0 spiro atoms. The molecule has 0 aliphatic carbocycles. The van der Waals surface area contributed by atoms with Crippen LogP contribution < -0.4 is 10.6 Å². The Morgan fingerprint density at radius 3 is 0.700 bits per heavy atom. The summed E-state index contributed by atoms with van der Waals surface area (Å²) in [6.45, 7) is 28.8. The number of hydrogen-bond donors (Lipinski definition) is 2. The summed E-state index contributed by atoms with van der Waals surface area (Å²) < 4.78 is 0. The SMILES string of the molecule is CC(C)(C)CNC(C)(C)C.CC(C)(C)CNC(C)(C)C. The van der Waals surface area contributed by atoms with Crippen molar-refractivity contribution in [2.24, 2.45) is 10.8 Å². The second-order valence-corrected chi connectivity index (χ2v) is 10.3. The smallest absolute Gasteiger partial charge is 0.00967 e. The van der Waals surface area contributed by atoms with Gasteiger partial charge in [0, 0.05) is 24.2 Å². The molecule has 0 fully saturated rings. The Labute approximate surface area is 129 Å². The van der Waals surface area contributed by atoms with Gasteiger partial charge in [-0.2, -0.15) is 0 Å². The molecule has 0 heterocycles. The van der Waals surface area contributed by atoms with Crippen LogP contribution in [-0.4, -0.2) is 24.2 Å². The molecule has 0 amide bonds. The summed E-state index contributed by atoms with van der Waals surface area (Å²) in [5.41, 5.74) is 1.31. The van der Waals surface area contributed by atoms with Gasteiger partial charge in [0.25, 0.3) is 0 Å². The largest absolute Gasteiger partial charge is 0.312 e. The standard InChI is InChI=1S/2C9H21N/c2*1-8(2,3)7-10-9(4,5)6/h2*10H,7H2,1-6H3. The lowest BCUT2D eigenvalue weighted by atomic mass is 9.95. The highest BCUT2D eigenvalue weighted by Crippen LogP contribution is 2.13. The lowest BCUT2D eigenvalue weighted by molar-refractivity contribution is 0.315. The molecular weight excluding hydrogens is 244 g/mol. The average molecular weight is 287 g/mol. The molecule has 0 bridgehead atoms. The van der Waals surface area contributed by atoms with Gasteiger partial charge in [0.15, 0.2) is 0 Å². The van der Waals surface area contributed by atoms with E-state index in [0.29, 0.717) is 10.8 Å². The van der Waals surface area contributed by atoms with Crippen LogP contribution in [0.25, 0.3) is 0 Å². The lowest BCUT2D eigenvalue weighted by Crippen LogP contribution is -2.40. The molecule has 2 nitrogen and oxygen atoms in total. The maximum Gasteiger partial charge on any atom is 0.00967 e. The summed E-state index contributed by atoms with van der Waals surface area (Å²) in [6.07, 6.45) is 0. The average Bonchev–Trinajstić information content (AvgIpc) is 2.09. The first-order chi connectivity index (χ1) is 8.41. The first-order valence-corrected chi connectivity index (χ1v) is 7.91. The van der Waals surface area contributed by atoms with E-state index < -0.39 is 0 Å². The van der Waals surface area contributed by atoms with Crippen LogP contribution in [0, 0.1) is 10.8 Å². The zero-order valence-electron chi connectivity index (χ0n) is 16.4. The van der Waals surface area contributed by atoms with Crippen LogP contribution in [0.5, 0.6) is 0 Å². The Bertz CT molecular complexity index is 185.